The zero-order chi connectivity index (χ0) is 17.3. The molecule has 0 bridgehead atoms. The van der Waals surface area contributed by atoms with E-state index in [1.165, 1.54) is 0 Å². The third-order valence-electron chi connectivity index (χ3n) is 1.75. The van der Waals surface area contributed by atoms with E-state index in [0.29, 0.717) is 24.2 Å². The molecular weight excluding hydrogens is 298 g/mol. The molecule has 0 saturated carbocycles. The van der Waals surface area contributed by atoms with Gasteiger partial charge in [-0.2, -0.15) is 18.2 Å². The molecule has 3 nitrogen and oxygen atoms in total. The van der Waals surface area contributed by atoms with Gasteiger partial charge in [-0.25, -0.2) is 12.1 Å². The Balaban J connectivity index is -0.000000220. The fourth-order valence-corrected chi connectivity index (χ4v) is 1.51. The van der Waals surface area contributed by atoms with E-state index in [4.69, 9.17) is 4.17 Å². The van der Waals surface area contributed by atoms with Crippen LogP contribution in [-0.2, 0) is 15.9 Å². The van der Waals surface area contributed by atoms with Gasteiger partial charge in [0.25, 0.3) is 0 Å². The molecule has 21 heavy (non-hydrogen) atoms. The molecule has 0 aliphatic heterocycles. The van der Waals surface area contributed by atoms with Gasteiger partial charge >= 0.3 is 20.1 Å². The standard InChI is InChI=1S/2C6H14N.C5H5.Cr.N/c2*1-5(2)7-6(3)4;1-2-4-5-3-1;;/h2*5-6H,1-4H3;1-5H;;/q3*-1;;. The van der Waals surface area contributed by atoms with Gasteiger partial charge < -0.3 is 10.6 Å². The monoisotopic (exact) mass is 331 g/mol. The Kier molecular flexibility index (Phi) is 23.7. The third kappa shape index (κ3) is 38.2. The quantitative estimate of drug-likeness (QED) is 0.646. The van der Waals surface area contributed by atoms with Gasteiger partial charge in [0.05, 0.1) is 0 Å². The zero-order valence-electron chi connectivity index (χ0n) is 14.9. The van der Waals surface area contributed by atoms with Crippen molar-refractivity contribution < 1.29 is 15.9 Å². The van der Waals surface area contributed by atoms with Crippen molar-refractivity contribution >= 4 is 0 Å². The predicted octanol–water partition coefficient (Wildman–Crippen LogP) is 5.77. The maximum atomic E-state index is 6.88. The zero-order valence-corrected chi connectivity index (χ0v) is 16.2. The molecule has 0 saturated heterocycles. The number of hydrogen-bond acceptors (Lipinski definition) is 1. The van der Waals surface area contributed by atoms with Crippen LogP contribution in [0.25, 0.3) is 10.6 Å². The van der Waals surface area contributed by atoms with Crippen molar-refractivity contribution in [2.75, 3.05) is 0 Å². The first-order chi connectivity index (χ1) is 9.75. The van der Waals surface area contributed by atoms with Gasteiger partial charge in [0, 0.05) is 0 Å². The van der Waals surface area contributed by atoms with Crippen LogP contribution in [0.3, 0.4) is 0 Å². The Morgan fingerprint density at radius 3 is 0.952 bits per heavy atom. The van der Waals surface area contributed by atoms with Crippen molar-refractivity contribution in [1.82, 2.24) is 0 Å². The molecule has 0 aliphatic rings. The van der Waals surface area contributed by atoms with Crippen LogP contribution in [0.4, 0.5) is 0 Å². The van der Waals surface area contributed by atoms with Crippen LogP contribution in [0.1, 0.15) is 55.4 Å². The Morgan fingerprint density at radius 1 is 0.667 bits per heavy atom. The largest absolute Gasteiger partial charge is 0.214 e. The van der Waals surface area contributed by atoms with Crippen molar-refractivity contribution in [3.63, 3.8) is 0 Å². The van der Waals surface area contributed by atoms with Crippen LogP contribution in [-0.4, -0.2) is 24.2 Å². The summed E-state index contributed by atoms with van der Waals surface area (Å²) < 4.78 is 6.88. The van der Waals surface area contributed by atoms with Crippen molar-refractivity contribution in [3.8, 4) is 0 Å². The molecule has 0 N–H and O–H groups in total. The summed E-state index contributed by atoms with van der Waals surface area (Å²) in [4.78, 5) is 0. The minimum Gasteiger partial charge on any atom is -0.214 e. The summed E-state index contributed by atoms with van der Waals surface area (Å²) in [6.07, 6.45) is 0. The second-order valence-corrected chi connectivity index (χ2v) is 5.64. The fraction of sp³-hybridized carbons (Fsp3) is 0.706. The second-order valence-electron chi connectivity index (χ2n) is 5.64. The molecule has 125 valence electrons. The molecule has 0 fully saturated rings. The molecular formula is C17H33CrN3-3. The van der Waals surface area contributed by atoms with E-state index in [2.05, 4.69) is 66.0 Å². The van der Waals surface area contributed by atoms with Crippen LogP contribution in [0, 0.1) is 4.17 Å². The van der Waals surface area contributed by atoms with E-state index in [1.807, 2.05) is 30.3 Å². The summed E-state index contributed by atoms with van der Waals surface area (Å²) in [7, 11) is 0. The van der Waals surface area contributed by atoms with E-state index in [-0.39, 0.29) is 0 Å². The number of nitrogens with zero attached hydrogens (tertiary/aromatic N) is 3. The van der Waals surface area contributed by atoms with Crippen LogP contribution in [0.5, 0.6) is 0 Å². The molecule has 0 aliphatic carbocycles. The van der Waals surface area contributed by atoms with Gasteiger partial charge in [-0.1, -0.05) is 55.4 Å². The first-order valence-electron chi connectivity index (χ1n) is 7.50. The summed E-state index contributed by atoms with van der Waals surface area (Å²) >= 11 is 1.62. The molecule has 0 unspecified atom stereocenters. The fourth-order valence-electron chi connectivity index (χ4n) is 1.51. The molecule has 0 amide bonds. The Hall–Kier alpha value is -0.488. The minimum absolute atomic E-state index is 0.500. The molecule has 0 radical (unpaired) electrons. The SMILES string of the molecule is CC(C)[N-]C(C)C.CC(C)[N-]C(C)C.[N]#[Cr].c1cc[cH-]c1. The second kappa shape index (κ2) is 19.5. The van der Waals surface area contributed by atoms with Crippen molar-refractivity contribution in [3.05, 3.63) is 41.0 Å². The summed E-state index contributed by atoms with van der Waals surface area (Å²) in [5, 5.41) is 8.56. The molecule has 4 heteroatoms. The summed E-state index contributed by atoms with van der Waals surface area (Å²) in [6, 6.07) is 12.0. The van der Waals surface area contributed by atoms with Crippen LogP contribution in [0.15, 0.2) is 30.3 Å². The Morgan fingerprint density at radius 2 is 0.905 bits per heavy atom. The molecule has 0 atom stereocenters. The van der Waals surface area contributed by atoms with Crippen LogP contribution >= 0.6 is 0 Å². The van der Waals surface area contributed by atoms with Gasteiger partial charge in [0.1, 0.15) is 0 Å². The molecule has 1 aromatic carbocycles. The van der Waals surface area contributed by atoms with Gasteiger partial charge in [-0.3, -0.25) is 0 Å². The maximum absolute atomic E-state index is 6.88. The van der Waals surface area contributed by atoms with Gasteiger partial charge in [-0.15, -0.1) is 24.2 Å². The van der Waals surface area contributed by atoms with Crippen molar-refractivity contribution in [1.29, 1.82) is 4.17 Å². The minimum atomic E-state index is 0.500. The average molecular weight is 331 g/mol. The topological polar surface area (TPSA) is 52.0 Å². The van der Waals surface area contributed by atoms with Crippen LogP contribution < -0.4 is 0 Å². The molecule has 0 spiro atoms. The molecule has 0 heterocycles. The van der Waals surface area contributed by atoms with Gasteiger partial charge in [-0.05, 0) is 0 Å². The van der Waals surface area contributed by atoms with Gasteiger partial charge in [0.15, 0.2) is 0 Å². The van der Waals surface area contributed by atoms with Crippen LogP contribution in [0.2, 0.25) is 0 Å². The Labute approximate surface area is 140 Å². The smallest absolute Gasteiger partial charge is 0.172 e. The molecule has 1 aromatic rings. The Bertz CT molecular complexity index is 234. The molecule has 1 rings (SSSR count). The average Bonchev–Trinajstić information content (AvgIpc) is 2.86. The third-order valence-corrected chi connectivity index (χ3v) is 1.75. The normalized spacial score (nSPS) is 9.43. The number of rotatable bonds is 4. The van der Waals surface area contributed by atoms with Crippen molar-refractivity contribution in [2.24, 2.45) is 0 Å². The summed E-state index contributed by atoms with van der Waals surface area (Å²) in [5.74, 6) is 0. The van der Waals surface area contributed by atoms with E-state index in [9.17, 15) is 0 Å². The van der Waals surface area contributed by atoms with E-state index >= 15 is 0 Å². The summed E-state index contributed by atoms with van der Waals surface area (Å²) in [5.41, 5.74) is 0. The predicted molar refractivity (Wildman–Crippen MR) is 91.0 cm³/mol. The molecule has 0 aromatic heterocycles. The van der Waals surface area contributed by atoms with Crippen molar-refractivity contribution in [2.45, 2.75) is 79.6 Å². The van der Waals surface area contributed by atoms with E-state index in [0.717, 1.165) is 0 Å². The first kappa shape index (κ1) is 25.5. The summed E-state index contributed by atoms with van der Waals surface area (Å²) in [6.45, 7) is 16.8. The van der Waals surface area contributed by atoms with Gasteiger partial charge in [0.2, 0.25) is 0 Å². The maximum Gasteiger partial charge on any atom is -0.172 e. The van der Waals surface area contributed by atoms with E-state index in [1.54, 1.807) is 15.9 Å². The van der Waals surface area contributed by atoms with E-state index < -0.39 is 0 Å². The number of hydrogen-bond donors (Lipinski definition) is 0. The first-order valence-corrected chi connectivity index (χ1v) is 8.07.